The Hall–Kier alpha value is -3.41. The van der Waals surface area contributed by atoms with Gasteiger partial charge in [0.2, 0.25) is 5.91 Å². The summed E-state index contributed by atoms with van der Waals surface area (Å²) in [4.78, 5) is 35.1. The van der Waals surface area contributed by atoms with E-state index in [0.29, 0.717) is 29.5 Å². The molecule has 0 aliphatic carbocycles. The molecule has 0 heterocycles. The van der Waals surface area contributed by atoms with Crippen LogP contribution in [0.4, 0.5) is 5.69 Å². The number of anilines is 1. The van der Waals surface area contributed by atoms with E-state index in [1.807, 2.05) is 32.1 Å². The van der Waals surface area contributed by atoms with Crippen LogP contribution < -0.4 is 15.4 Å². The Morgan fingerprint density at radius 3 is 2.43 bits per heavy atom. The maximum atomic E-state index is 12.4. The van der Waals surface area contributed by atoms with E-state index in [1.54, 1.807) is 30.3 Å². The van der Waals surface area contributed by atoms with E-state index in [2.05, 4.69) is 10.6 Å². The van der Waals surface area contributed by atoms with Crippen molar-refractivity contribution in [3.8, 4) is 5.75 Å². The van der Waals surface area contributed by atoms with E-state index < -0.39 is 5.97 Å². The smallest absolute Gasteiger partial charge is 0.308 e. The molecule has 6 heteroatoms. The predicted octanol–water partition coefficient (Wildman–Crippen LogP) is 3.69. The first-order valence-electron chi connectivity index (χ1n) is 8.98. The van der Waals surface area contributed by atoms with Gasteiger partial charge in [-0.3, -0.25) is 14.4 Å². The van der Waals surface area contributed by atoms with Gasteiger partial charge in [0, 0.05) is 24.7 Å². The first kappa shape index (κ1) is 20.9. The molecule has 6 nitrogen and oxygen atoms in total. The minimum absolute atomic E-state index is 0.140. The van der Waals surface area contributed by atoms with Gasteiger partial charge in [-0.15, -0.1) is 0 Å². The molecule has 146 valence electrons. The van der Waals surface area contributed by atoms with Crippen molar-refractivity contribution in [2.45, 2.75) is 27.3 Å². The summed E-state index contributed by atoms with van der Waals surface area (Å²) in [5.74, 6) is -0.256. The number of nitrogens with one attached hydrogen (secondary N) is 2. The summed E-state index contributed by atoms with van der Waals surface area (Å²) in [5, 5.41) is 5.59. The third-order valence-electron chi connectivity index (χ3n) is 3.67. The SMILES string of the molecule is CC(=O)Oc1cccc(C(=O)Nc2ccc(CNC(=O)/C=C/C(C)C)cc2)c1. The molecule has 0 fully saturated rings. The lowest BCUT2D eigenvalue weighted by molar-refractivity contribution is -0.131. The van der Waals surface area contributed by atoms with E-state index in [-0.39, 0.29) is 11.8 Å². The molecule has 0 aromatic heterocycles. The van der Waals surface area contributed by atoms with Gasteiger partial charge >= 0.3 is 5.97 Å². The maximum absolute atomic E-state index is 12.4. The number of carbonyl (C=O) groups excluding carboxylic acids is 3. The normalized spacial score (nSPS) is 10.7. The van der Waals surface area contributed by atoms with E-state index in [0.717, 1.165) is 5.56 Å². The van der Waals surface area contributed by atoms with Crippen molar-refractivity contribution >= 4 is 23.5 Å². The number of carbonyl (C=O) groups is 3. The van der Waals surface area contributed by atoms with Gasteiger partial charge in [-0.1, -0.05) is 38.1 Å². The minimum atomic E-state index is -0.445. The zero-order valence-electron chi connectivity index (χ0n) is 16.2. The maximum Gasteiger partial charge on any atom is 0.308 e. The average molecular weight is 380 g/mol. The fourth-order valence-electron chi connectivity index (χ4n) is 2.30. The van der Waals surface area contributed by atoms with Crippen molar-refractivity contribution in [1.82, 2.24) is 5.32 Å². The molecule has 0 aliphatic rings. The van der Waals surface area contributed by atoms with Crippen molar-refractivity contribution < 1.29 is 19.1 Å². The van der Waals surface area contributed by atoms with E-state index in [1.165, 1.54) is 19.1 Å². The van der Waals surface area contributed by atoms with Crippen LogP contribution in [0.25, 0.3) is 0 Å². The highest BCUT2D eigenvalue weighted by molar-refractivity contribution is 6.04. The second-order valence-corrected chi connectivity index (χ2v) is 6.59. The fraction of sp³-hybridized carbons (Fsp3) is 0.227. The highest BCUT2D eigenvalue weighted by Crippen LogP contribution is 2.16. The van der Waals surface area contributed by atoms with Gasteiger partial charge in [-0.2, -0.15) is 0 Å². The molecular weight excluding hydrogens is 356 g/mol. The van der Waals surface area contributed by atoms with Crippen LogP contribution in [0.2, 0.25) is 0 Å². The van der Waals surface area contributed by atoms with Gasteiger partial charge in [0.1, 0.15) is 5.75 Å². The van der Waals surface area contributed by atoms with E-state index in [9.17, 15) is 14.4 Å². The van der Waals surface area contributed by atoms with Crippen LogP contribution in [0.1, 0.15) is 36.7 Å². The summed E-state index contributed by atoms with van der Waals surface area (Å²) in [7, 11) is 0. The van der Waals surface area contributed by atoms with Crippen LogP contribution in [0.5, 0.6) is 5.75 Å². The molecule has 0 radical (unpaired) electrons. The number of ether oxygens (including phenoxy) is 1. The monoisotopic (exact) mass is 380 g/mol. The van der Waals surface area contributed by atoms with Crippen LogP contribution in [0, 0.1) is 5.92 Å². The Morgan fingerprint density at radius 2 is 1.79 bits per heavy atom. The summed E-state index contributed by atoms with van der Waals surface area (Å²) in [6.07, 6.45) is 3.37. The van der Waals surface area contributed by atoms with Crippen LogP contribution in [-0.2, 0) is 16.1 Å². The van der Waals surface area contributed by atoms with Gasteiger partial charge in [0.05, 0.1) is 0 Å². The minimum Gasteiger partial charge on any atom is -0.427 e. The molecular formula is C22H24N2O4. The lowest BCUT2D eigenvalue weighted by Crippen LogP contribution is -2.20. The second-order valence-electron chi connectivity index (χ2n) is 6.59. The van der Waals surface area contributed by atoms with Crippen molar-refractivity contribution in [3.63, 3.8) is 0 Å². The topological polar surface area (TPSA) is 84.5 Å². The zero-order valence-corrected chi connectivity index (χ0v) is 16.2. The molecule has 0 atom stereocenters. The number of rotatable bonds is 7. The summed E-state index contributed by atoms with van der Waals surface area (Å²) in [5.41, 5.74) is 1.92. The first-order valence-corrected chi connectivity index (χ1v) is 8.98. The molecule has 0 spiro atoms. The molecule has 2 aromatic carbocycles. The summed E-state index contributed by atoms with van der Waals surface area (Å²) >= 11 is 0. The van der Waals surface area contributed by atoms with Gasteiger partial charge in [-0.25, -0.2) is 0 Å². The third-order valence-corrected chi connectivity index (χ3v) is 3.67. The Morgan fingerprint density at radius 1 is 1.07 bits per heavy atom. The van der Waals surface area contributed by atoms with Crippen LogP contribution in [0.3, 0.4) is 0 Å². The predicted molar refractivity (Wildman–Crippen MR) is 108 cm³/mol. The van der Waals surface area contributed by atoms with Crippen molar-refractivity contribution in [2.24, 2.45) is 5.92 Å². The lowest BCUT2D eigenvalue weighted by Gasteiger charge is -2.08. The average Bonchev–Trinajstić information content (AvgIpc) is 2.65. The first-order chi connectivity index (χ1) is 13.3. The molecule has 28 heavy (non-hydrogen) atoms. The Kier molecular flexibility index (Phi) is 7.51. The zero-order chi connectivity index (χ0) is 20.5. The Balaban J connectivity index is 1.92. The molecule has 2 aromatic rings. The van der Waals surface area contributed by atoms with Crippen molar-refractivity contribution in [3.05, 3.63) is 71.8 Å². The van der Waals surface area contributed by atoms with Crippen molar-refractivity contribution in [1.29, 1.82) is 0 Å². The quantitative estimate of drug-likeness (QED) is 0.436. The third kappa shape index (κ3) is 7.07. The van der Waals surface area contributed by atoms with Gasteiger partial charge in [-0.05, 0) is 47.9 Å². The van der Waals surface area contributed by atoms with E-state index >= 15 is 0 Å². The Labute approximate surface area is 164 Å². The van der Waals surface area contributed by atoms with Gasteiger partial charge in [0.15, 0.2) is 0 Å². The van der Waals surface area contributed by atoms with Crippen LogP contribution >= 0.6 is 0 Å². The summed E-state index contributed by atoms with van der Waals surface area (Å²) in [6.45, 7) is 5.71. The number of benzene rings is 2. The number of allylic oxidation sites excluding steroid dienone is 1. The molecule has 0 aliphatic heterocycles. The standard InChI is InChI=1S/C22H24N2O4/c1-15(2)7-12-21(26)23-14-17-8-10-19(11-9-17)24-22(27)18-5-4-6-20(13-18)28-16(3)25/h4-13,15H,14H2,1-3H3,(H,23,26)(H,24,27)/b12-7+. The molecule has 2 rings (SSSR count). The van der Waals surface area contributed by atoms with Crippen LogP contribution in [0.15, 0.2) is 60.7 Å². The van der Waals surface area contributed by atoms with Crippen molar-refractivity contribution in [2.75, 3.05) is 5.32 Å². The lowest BCUT2D eigenvalue weighted by atomic mass is 10.1. The van der Waals surface area contributed by atoms with E-state index in [4.69, 9.17) is 4.74 Å². The number of hydrogen-bond donors (Lipinski definition) is 2. The van der Waals surface area contributed by atoms with Gasteiger partial charge < -0.3 is 15.4 Å². The largest absolute Gasteiger partial charge is 0.427 e. The molecule has 2 N–H and O–H groups in total. The molecule has 2 amide bonds. The Bertz CT molecular complexity index is 870. The fourth-order valence-corrected chi connectivity index (χ4v) is 2.30. The van der Waals surface area contributed by atoms with Gasteiger partial charge in [0.25, 0.3) is 5.91 Å². The number of esters is 1. The molecule has 0 saturated heterocycles. The highest BCUT2D eigenvalue weighted by atomic mass is 16.5. The summed E-state index contributed by atoms with van der Waals surface area (Å²) in [6, 6.07) is 13.6. The van der Waals surface area contributed by atoms with Crippen LogP contribution in [-0.4, -0.2) is 17.8 Å². The molecule has 0 bridgehead atoms. The second kappa shape index (κ2) is 10.1. The highest BCUT2D eigenvalue weighted by Gasteiger charge is 2.08. The number of amides is 2. The molecule has 0 saturated carbocycles. The summed E-state index contributed by atoms with van der Waals surface area (Å²) < 4.78 is 4.99. The molecule has 0 unspecified atom stereocenters. The number of hydrogen-bond acceptors (Lipinski definition) is 4.